The summed E-state index contributed by atoms with van der Waals surface area (Å²) in [5.74, 6) is 0.134. The SMILES string of the molecule is CCCNC(=O)CSc1nnc(SC(C)c2ccc(F)cc2)s1. The number of hydrogen-bond donors (Lipinski definition) is 1. The van der Waals surface area contributed by atoms with Gasteiger partial charge < -0.3 is 5.32 Å². The Hall–Kier alpha value is -1.12. The predicted octanol–water partition coefficient (Wildman–Crippen LogP) is 4.15. The molecular formula is C15H18FN3OS3. The van der Waals surface area contributed by atoms with Crippen molar-refractivity contribution in [1.29, 1.82) is 0 Å². The molecule has 0 bridgehead atoms. The third kappa shape index (κ3) is 6.12. The number of carbonyl (C=O) groups excluding carboxylic acids is 1. The van der Waals surface area contributed by atoms with Gasteiger partial charge in [-0.1, -0.05) is 53.9 Å². The van der Waals surface area contributed by atoms with E-state index in [2.05, 4.69) is 15.5 Å². The molecule has 1 atom stereocenters. The Kier molecular flexibility index (Phi) is 7.32. The van der Waals surface area contributed by atoms with Gasteiger partial charge in [0.05, 0.1) is 5.75 Å². The van der Waals surface area contributed by atoms with E-state index in [9.17, 15) is 9.18 Å². The zero-order valence-corrected chi connectivity index (χ0v) is 15.4. The standard InChI is InChI=1S/C15H18FN3OS3/c1-3-8-17-13(20)9-21-14-18-19-15(23-14)22-10(2)11-4-6-12(16)7-5-11/h4-7,10H,3,8-9H2,1-2H3,(H,17,20). The van der Waals surface area contributed by atoms with Gasteiger partial charge in [-0.05, 0) is 31.0 Å². The van der Waals surface area contributed by atoms with Gasteiger partial charge in [0.25, 0.3) is 0 Å². The number of halogens is 1. The normalized spacial score (nSPS) is 12.1. The first kappa shape index (κ1) is 18.2. The molecule has 23 heavy (non-hydrogen) atoms. The fraction of sp³-hybridized carbons (Fsp3) is 0.400. The zero-order valence-electron chi connectivity index (χ0n) is 12.9. The molecule has 1 N–H and O–H groups in total. The van der Waals surface area contributed by atoms with Crippen LogP contribution in [0.15, 0.2) is 32.9 Å². The van der Waals surface area contributed by atoms with Crippen LogP contribution in [0.4, 0.5) is 4.39 Å². The van der Waals surface area contributed by atoms with Crippen molar-refractivity contribution in [1.82, 2.24) is 15.5 Å². The van der Waals surface area contributed by atoms with Gasteiger partial charge in [0, 0.05) is 11.8 Å². The summed E-state index contributed by atoms with van der Waals surface area (Å²) in [4.78, 5) is 11.6. The molecule has 1 aromatic carbocycles. The van der Waals surface area contributed by atoms with Gasteiger partial charge in [0.1, 0.15) is 5.82 Å². The Balaban J connectivity index is 1.84. The summed E-state index contributed by atoms with van der Waals surface area (Å²) in [6, 6.07) is 6.48. The minimum atomic E-state index is -0.234. The van der Waals surface area contributed by atoms with Gasteiger partial charge in [0.2, 0.25) is 5.91 Å². The third-order valence-electron chi connectivity index (χ3n) is 2.90. The first-order valence-corrected chi connectivity index (χ1v) is 9.91. The molecule has 1 amide bonds. The number of benzene rings is 1. The average Bonchev–Trinajstić information content (AvgIpc) is 2.99. The van der Waals surface area contributed by atoms with Crippen LogP contribution in [-0.4, -0.2) is 28.4 Å². The number of amides is 1. The summed E-state index contributed by atoms with van der Waals surface area (Å²) in [5.41, 5.74) is 1.04. The highest BCUT2D eigenvalue weighted by atomic mass is 32.2. The monoisotopic (exact) mass is 371 g/mol. The van der Waals surface area contributed by atoms with Crippen LogP contribution >= 0.6 is 34.9 Å². The molecule has 8 heteroatoms. The molecule has 1 heterocycles. The molecule has 0 spiro atoms. The Labute approximate surface area is 147 Å². The molecule has 0 aliphatic carbocycles. The molecule has 0 aliphatic rings. The second-order valence-corrected chi connectivity index (χ2v) is 8.57. The van der Waals surface area contributed by atoms with Crippen molar-refractivity contribution >= 4 is 40.8 Å². The largest absolute Gasteiger partial charge is 0.355 e. The molecule has 0 saturated heterocycles. The molecule has 4 nitrogen and oxygen atoms in total. The van der Waals surface area contributed by atoms with Crippen molar-refractivity contribution in [3.8, 4) is 0 Å². The number of nitrogens with one attached hydrogen (secondary N) is 1. The van der Waals surface area contributed by atoms with Crippen LogP contribution in [0.5, 0.6) is 0 Å². The van der Waals surface area contributed by atoms with Crippen molar-refractivity contribution in [3.05, 3.63) is 35.6 Å². The van der Waals surface area contributed by atoms with Gasteiger partial charge in [-0.25, -0.2) is 4.39 Å². The molecule has 124 valence electrons. The van der Waals surface area contributed by atoms with E-state index in [1.165, 1.54) is 35.2 Å². The molecule has 0 aliphatic heterocycles. The lowest BCUT2D eigenvalue weighted by molar-refractivity contribution is -0.118. The van der Waals surface area contributed by atoms with E-state index < -0.39 is 0 Å². The lowest BCUT2D eigenvalue weighted by Gasteiger charge is -2.08. The lowest BCUT2D eigenvalue weighted by Crippen LogP contribution is -2.25. The van der Waals surface area contributed by atoms with Crippen LogP contribution in [-0.2, 0) is 4.79 Å². The predicted molar refractivity (Wildman–Crippen MR) is 94.6 cm³/mol. The van der Waals surface area contributed by atoms with E-state index >= 15 is 0 Å². The van der Waals surface area contributed by atoms with Crippen LogP contribution < -0.4 is 5.32 Å². The van der Waals surface area contributed by atoms with Gasteiger partial charge in [0.15, 0.2) is 8.68 Å². The summed E-state index contributed by atoms with van der Waals surface area (Å²) in [7, 11) is 0. The molecule has 1 aromatic heterocycles. The highest BCUT2D eigenvalue weighted by Gasteiger charge is 2.13. The first-order valence-electron chi connectivity index (χ1n) is 7.23. The van der Waals surface area contributed by atoms with E-state index in [0.717, 1.165) is 20.7 Å². The van der Waals surface area contributed by atoms with E-state index in [1.54, 1.807) is 23.9 Å². The number of thioether (sulfide) groups is 2. The van der Waals surface area contributed by atoms with Crippen LogP contribution in [0.2, 0.25) is 0 Å². The maximum absolute atomic E-state index is 12.9. The topological polar surface area (TPSA) is 54.9 Å². The Morgan fingerprint density at radius 3 is 2.70 bits per heavy atom. The van der Waals surface area contributed by atoms with Gasteiger partial charge >= 0.3 is 0 Å². The van der Waals surface area contributed by atoms with Crippen molar-refractivity contribution < 1.29 is 9.18 Å². The minimum absolute atomic E-state index is 0.0148. The molecule has 2 rings (SSSR count). The number of carbonyl (C=O) groups is 1. The van der Waals surface area contributed by atoms with Crippen molar-refractivity contribution in [3.63, 3.8) is 0 Å². The maximum Gasteiger partial charge on any atom is 0.230 e. The number of rotatable bonds is 8. The fourth-order valence-electron chi connectivity index (χ4n) is 1.70. The maximum atomic E-state index is 12.9. The Bertz CT molecular complexity index is 633. The number of nitrogens with zero attached hydrogens (tertiary/aromatic N) is 2. The van der Waals surface area contributed by atoms with Crippen molar-refractivity contribution in [2.45, 2.75) is 34.2 Å². The average molecular weight is 372 g/mol. The highest BCUT2D eigenvalue weighted by Crippen LogP contribution is 2.38. The van der Waals surface area contributed by atoms with Crippen LogP contribution in [0, 0.1) is 5.82 Å². The summed E-state index contributed by atoms with van der Waals surface area (Å²) in [5, 5.41) is 11.2. The molecule has 0 saturated carbocycles. The molecule has 2 aromatic rings. The number of hydrogen-bond acceptors (Lipinski definition) is 6. The third-order valence-corrected chi connectivity index (χ3v) is 6.20. The second kappa shape index (κ2) is 9.24. The van der Waals surface area contributed by atoms with E-state index in [1.807, 2.05) is 13.8 Å². The smallest absolute Gasteiger partial charge is 0.230 e. The van der Waals surface area contributed by atoms with E-state index in [4.69, 9.17) is 0 Å². The Morgan fingerprint density at radius 1 is 1.30 bits per heavy atom. The summed E-state index contributed by atoms with van der Waals surface area (Å²) in [6.07, 6.45) is 0.928. The summed E-state index contributed by atoms with van der Waals surface area (Å²) >= 11 is 4.45. The molecule has 0 fully saturated rings. The number of aromatic nitrogens is 2. The van der Waals surface area contributed by atoms with Crippen molar-refractivity contribution in [2.24, 2.45) is 0 Å². The van der Waals surface area contributed by atoms with Gasteiger partial charge in [-0.15, -0.1) is 10.2 Å². The van der Waals surface area contributed by atoms with Gasteiger partial charge in [-0.3, -0.25) is 4.79 Å². The second-order valence-electron chi connectivity index (χ2n) is 4.78. The minimum Gasteiger partial charge on any atom is -0.355 e. The van der Waals surface area contributed by atoms with Crippen LogP contribution in [0.1, 0.15) is 31.1 Å². The summed E-state index contributed by atoms with van der Waals surface area (Å²) in [6.45, 7) is 4.76. The molecular weight excluding hydrogens is 353 g/mol. The first-order chi connectivity index (χ1) is 11.1. The molecule has 0 radical (unpaired) electrons. The van der Waals surface area contributed by atoms with Crippen LogP contribution in [0.25, 0.3) is 0 Å². The van der Waals surface area contributed by atoms with E-state index in [-0.39, 0.29) is 17.0 Å². The molecule has 1 unspecified atom stereocenters. The fourth-order valence-corrected chi connectivity index (χ4v) is 4.82. The summed E-state index contributed by atoms with van der Waals surface area (Å²) < 4.78 is 14.6. The quantitative estimate of drug-likeness (QED) is 0.707. The Morgan fingerprint density at radius 2 is 2.00 bits per heavy atom. The van der Waals surface area contributed by atoms with Crippen LogP contribution in [0.3, 0.4) is 0 Å². The highest BCUT2D eigenvalue weighted by molar-refractivity contribution is 8.03. The zero-order chi connectivity index (χ0) is 16.7. The van der Waals surface area contributed by atoms with E-state index in [0.29, 0.717) is 12.3 Å². The lowest BCUT2D eigenvalue weighted by atomic mass is 10.2. The van der Waals surface area contributed by atoms with Gasteiger partial charge in [-0.2, -0.15) is 0 Å². The van der Waals surface area contributed by atoms with Crippen molar-refractivity contribution in [2.75, 3.05) is 12.3 Å².